The monoisotopic (exact) mass is 271 g/mol. The number of aryl methyl sites for hydroxylation is 1. The molecule has 0 amide bonds. The van der Waals surface area contributed by atoms with E-state index >= 15 is 0 Å². The number of hydrogen-bond donors (Lipinski definition) is 1. The van der Waals surface area contributed by atoms with Crippen molar-refractivity contribution in [1.82, 2.24) is 24.6 Å². The maximum atomic E-state index is 11.1. The third-order valence-corrected chi connectivity index (χ3v) is 2.54. The fourth-order valence-electron chi connectivity index (χ4n) is 1.72. The lowest BCUT2D eigenvalue weighted by molar-refractivity contribution is 0.0687. The lowest BCUT2D eigenvalue weighted by Crippen LogP contribution is -2.05. The highest BCUT2D eigenvalue weighted by atomic mass is 16.5. The number of hydrogen-bond acceptors (Lipinski definition) is 6. The minimum absolute atomic E-state index is 0.127. The molecule has 0 unspecified atom stereocenters. The molecule has 0 aliphatic heterocycles. The highest BCUT2D eigenvalue weighted by Crippen LogP contribution is 2.24. The van der Waals surface area contributed by atoms with Gasteiger partial charge in [-0.15, -0.1) is 0 Å². The summed E-state index contributed by atoms with van der Waals surface area (Å²) >= 11 is 0. The normalized spacial score (nSPS) is 10.7. The molecule has 3 aromatic heterocycles. The van der Waals surface area contributed by atoms with E-state index < -0.39 is 5.97 Å². The Balaban J connectivity index is 2.10. The minimum Gasteiger partial charge on any atom is -0.476 e. The van der Waals surface area contributed by atoms with Crippen LogP contribution in [-0.4, -0.2) is 35.6 Å². The molecule has 0 fully saturated rings. The number of ether oxygens (including phenoxy) is 1. The Labute approximate surface area is 112 Å². The van der Waals surface area contributed by atoms with Gasteiger partial charge in [-0.1, -0.05) is 0 Å². The lowest BCUT2D eigenvalue weighted by atomic mass is 10.3. The molecule has 0 radical (unpaired) electrons. The van der Waals surface area contributed by atoms with Gasteiger partial charge in [0.25, 0.3) is 5.78 Å². The maximum absolute atomic E-state index is 11.1. The molecular weight excluding hydrogens is 262 g/mol. The average Bonchev–Trinajstić information content (AvgIpc) is 2.87. The highest BCUT2D eigenvalue weighted by molar-refractivity contribution is 5.88. The quantitative estimate of drug-likeness (QED) is 0.766. The molecule has 0 saturated carbocycles. The number of fused-ring (bicyclic) bond motifs is 1. The van der Waals surface area contributed by atoms with Gasteiger partial charge < -0.3 is 9.84 Å². The second-order valence-electron chi connectivity index (χ2n) is 3.96. The number of aromatic nitrogens is 5. The van der Waals surface area contributed by atoms with Crippen molar-refractivity contribution in [2.45, 2.75) is 6.92 Å². The molecule has 8 nitrogen and oxygen atoms in total. The first kappa shape index (κ1) is 12.0. The SMILES string of the molecule is Cc1cc(Oc2cccnc2C(=O)O)n2ncnc2n1. The molecule has 100 valence electrons. The largest absolute Gasteiger partial charge is 0.476 e. The summed E-state index contributed by atoms with van der Waals surface area (Å²) < 4.78 is 6.98. The zero-order valence-corrected chi connectivity index (χ0v) is 10.4. The number of carbonyl (C=O) groups is 1. The van der Waals surface area contributed by atoms with Crippen LogP contribution in [0.25, 0.3) is 5.78 Å². The molecule has 8 heteroatoms. The van der Waals surface area contributed by atoms with Crippen molar-refractivity contribution in [3.63, 3.8) is 0 Å². The summed E-state index contributed by atoms with van der Waals surface area (Å²) in [6.07, 6.45) is 2.73. The Hall–Kier alpha value is -3.03. The maximum Gasteiger partial charge on any atom is 0.358 e. The number of rotatable bonds is 3. The molecule has 3 aromatic rings. The van der Waals surface area contributed by atoms with E-state index in [1.165, 1.54) is 23.1 Å². The van der Waals surface area contributed by atoms with E-state index in [2.05, 4.69) is 20.1 Å². The molecule has 0 aliphatic carbocycles. The van der Waals surface area contributed by atoms with Crippen LogP contribution in [0.1, 0.15) is 16.2 Å². The molecule has 0 aliphatic rings. The van der Waals surface area contributed by atoms with Crippen LogP contribution in [0.15, 0.2) is 30.7 Å². The van der Waals surface area contributed by atoms with Crippen molar-refractivity contribution in [2.24, 2.45) is 0 Å². The molecular formula is C12H9N5O3. The van der Waals surface area contributed by atoms with Crippen LogP contribution < -0.4 is 4.74 Å². The van der Waals surface area contributed by atoms with Crippen molar-refractivity contribution in [1.29, 1.82) is 0 Å². The number of nitrogens with zero attached hydrogens (tertiary/aromatic N) is 5. The van der Waals surface area contributed by atoms with Gasteiger partial charge in [0.1, 0.15) is 6.33 Å². The first-order chi connectivity index (χ1) is 9.65. The van der Waals surface area contributed by atoms with E-state index in [-0.39, 0.29) is 11.4 Å². The number of carboxylic acid groups (broad SMARTS) is 1. The molecule has 20 heavy (non-hydrogen) atoms. The summed E-state index contributed by atoms with van der Waals surface area (Å²) in [5.74, 6) is -0.343. The standard InChI is InChI=1S/C12H9N5O3/c1-7-5-9(17-12(16-7)14-6-15-17)20-8-3-2-4-13-10(8)11(18)19/h2-6H,1H3,(H,18,19). The van der Waals surface area contributed by atoms with Crippen LogP contribution in [0, 0.1) is 6.92 Å². The van der Waals surface area contributed by atoms with E-state index in [0.717, 1.165) is 0 Å². The third kappa shape index (κ3) is 2.03. The Kier molecular flexibility index (Phi) is 2.75. The van der Waals surface area contributed by atoms with Gasteiger partial charge in [-0.25, -0.2) is 14.8 Å². The number of aromatic carboxylic acids is 1. The Morgan fingerprint density at radius 3 is 3.05 bits per heavy atom. The van der Waals surface area contributed by atoms with Crippen LogP contribution >= 0.6 is 0 Å². The fourth-order valence-corrected chi connectivity index (χ4v) is 1.72. The van der Waals surface area contributed by atoms with E-state index in [0.29, 0.717) is 17.4 Å². The van der Waals surface area contributed by atoms with E-state index in [4.69, 9.17) is 9.84 Å². The van der Waals surface area contributed by atoms with Crippen molar-refractivity contribution >= 4 is 11.7 Å². The van der Waals surface area contributed by atoms with Gasteiger partial charge in [0.2, 0.25) is 5.88 Å². The summed E-state index contributed by atoms with van der Waals surface area (Å²) in [5, 5.41) is 13.1. The second kappa shape index (κ2) is 4.57. The number of pyridine rings is 1. The molecule has 3 heterocycles. The summed E-state index contributed by atoms with van der Waals surface area (Å²) in [5.41, 5.74) is 0.511. The summed E-state index contributed by atoms with van der Waals surface area (Å²) in [4.78, 5) is 23.0. The minimum atomic E-state index is -1.17. The summed E-state index contributed by atoms with van der Waals surface area (Å²) in [7, 11) is 0. The van der Waals surface area contributed by atoms with Gasteiger partial charge >= 0.3 is 5.97 Å². The Morgan fingerprint density at radius 1 is 1.40 bits per heavy atom. The molecule has 1 N–H and O–H groups in total. The van der Waals surface area contributed by atoms with Crippen molar-refractivity contribution < 1.29 is 14.6 Å². The van der Waals surface area contributed by atoms with Gasteiger partial charge in [-0.3, -0.25) is 0 Å². The zero-order valence-electron chi connectivity index (χ0n) is 10.4. The van der Waals surface area contributed by atoms with E-state index in [1.54, 1.807) is 19.1 Å². The van der Waals surface area contributed by atoms with E-state index in [1.807, 2.05) is 0 Å². The first-order valence-corrected chi connectivity index (χ1v) is 5.68. The zero-order chi connectivity index (χ0) is 14.1. The molecule has 0 spiro atoms. The topological polar surface area (TPSA) is 102 Å². The number of carboxylic acids is 1. The lowest BCUT2D eigenvalue weighted by Gasteiger charge is -2.09. The second-order valence-corrected chi connectivity index (χ2v) is 3.96. The van der Waals surface area contributed by atoms with Crippen LogP contribution in [0.3, 0.4) is 0 Å². The van der Waals surface area contributed by atoms with Crippen molar-refractivity contribution in [2.75, 3.05) is 0 Å². The van der Waals surface area contributed by atoms with Crippen LogP contribution in [0.2, 0.25) is 0 Å². The van der Waals surface area contributed by atoms with Crippen molar-refractivity contribution in [3.8, 4) is 11.6 Å². The van der Waals surface area contributed by atoms with Gasteiger partial charge in [0.15, 0.2) is 11.4 Å². The molecule has 0 aromatic carbocycles. The molecule has 0 bridgehead atoms. The molecule has 3 rings (SSSR count). The Bertz CT molecular complexity index is 799. The van der Waals surface area contributed by atoms with Crippen LogP contribution in [0.5, 0.6) is 11.6 Å². The van der Waals surface area contributed by atoms with E-state index in [9.17, 15) is 4.79 Å². The Morgan fingerprint density at radius 2 is 2.25 bits per heavy atom. The van der Waals surface area contributed by atoms with Gasteiger partial charge in [-0.2, -0.15) is 14.6 Å². The third-order valence-electron chi connectivity index (χ3n) is 2.54. The van der Waals surface area contributed by atoms with Gasteiger partial charge in [-0.05, 0) is 19.1 Å². The van der Waals surface area contributed by atoms with Crippen LogP contribution in [0.4, 0.5) is 0 Å². The summed E-state index contributed by atoms with van der Waals surface area (Å²) in [6.45, 7) is 1.78. The van der Waals surface area contributed by atoms with Crippen LogP contribution in [-0.2, 0) is 0 Å². The molecule has 0 saturated heterocycles. The smallest absolute Gasteiger partial charge is 0.358 e. The summed E-state index contributed by atoms with van der Waals surface area (Å²) in [6, 6.07) is 4.75. The first-order valence-electron chi connectivity index (χ1n) is 5.68. The molecule has 0 atom stereocenters. The predicted molar refractivity (Wildman–Crippen MR) is 66.8 cm³/mol. The highest BCUT2D eigenvalue weighted by Gasteiger charge is 2.15. The van der Waals surface area contributed by atoms with Gasteiger partial charge in [0.05, 0.1) is 0 Å². The fraction of sp³-hybridized carbons (Fsp3) is 0.0833. The van der Waals surface area contributed by atoms with Crippen molar-refractivity contribution in [3.05, 3.63) is 42.1 Å². The average molecular weight is 271 g/mol. The predicted octanol–water partition coefficient (Wildman–Crippen LogP) is 1.32. The van der Waals surface area contributed by atoms with Gasteiger partial charge in [0, 0.05) is 18.0 Å².